The van der Waals surface area contributed by atoms with E-state index in [4.69, 9.17) is 0 Å². The molecule has 3 rings (SSSR count). The first kappa shape index (κ1) is 12.2. The highest BCUT2D eigenvalue weighted by Crippen LogP contribution is 2.52. The van der Waals surface area contributed by atoms with Gasteiger partial charge in [0.2, 0.25) is 5.91 Å². The second kappa shape index (κ2) is 4.10. The van der Waals surface area contributed by atoms with Crippen LogP contribution in [0.2, 0.25) is 0 Å². The number of thioether (sulfide) groups is 1. The highest BCUT2D eigenvalue weighted by atomic mass is 32.2. The number of allylic oxidation sites excluding steroid dienone is 1. The topological polar surface area (TPSA) is 66.4 Å². The summed E-state index contributed by atoms with van der Waals surface area (Å²) in [6, 6.07) is -0.201. The summed E-state index contributed by atoms with van der Waals surface area (Å²) in [6.07, 6.45) is 6.27. The zero-order valence-corrected chi connectivity index (χ0v) is 11.1. The molecule has 1 aliphatic carbocycles. The first-order valence-electron chi connectivity index (χ1n) is 6.46. The van der Waals surface area contributed by atoms with Crippen LogP contribution in [0, 0.1) is 11.8 Å². The second-order valence-electron chi connectivity index (χ2n) is 5.42. The van der Waals surface area contributed by atoms with Gasteiger partial charge in [0.25, 0.3) is 0 Å². The number of aliphatic hydroxyl groups excluding tert-OH is 1. The Balaban J connectivity index is 1.89. The number of β-lactam (4-membered cyclic amide) rings is 1. The van der Waals surface area contributed by atoms with Crippen molar-refractivity contribution in [1.29, 1.82) is 0 Å². The van der Waals surface area contributed by atoms with Crippen LogP contribution in [-0.4, -0.2) is 33.0 Å². The highest BCUT2D eigenvalue weighted by Gasteiger charge is 2.69. The van der Waals surface area contributed by atoms with Crippen molar-refractivity contribution in [1.82, 2.24) is 5.32 Å². The molecule has 1 unspecified atom stereocenters. The van der Waals surface area contributed by atoms with Gasteiger partial charge in [-0.25, -0.2) is 0 Å². The van der Waals surface area contributed by atoms with E-state index >= 15 is 0 Å². The van der Waals surface area contributed by atoms with Gasteiger partial charge < -0.3 is 10.4 Å². The smallest absolute Gasteiger partial charge is 0.241 e. The average molecular weight is 267 g/mol. The average Bonchev–Trinajstić information content (AvgIpc) is 2.60. The maximum atomic E-state index is 11.9. The first-order chi connectivity index (χ1) is 8.57. The summed E-state index contributed by atoms with van der Waals surface area (Å²) in [5, 5.41) is 13.4. The van der Waals surface area contributed by atoms with Gasteiger partial charge in [-0.1, -0.05) is 30.8 Å². The maximum absolute atomic E-state index is 11.9. The quantitative estimate of drug-likeness (QED) is 0.575. The van der Waals surface area contributed by atoms with Crippen molar-refractivity contribution in [3.8, 4) is 0 Å². The molecular weight excluding hydrogens is 250 g/mol. The predicted octanol–water partition coefficient (Wildman–Crippen LogP) is 0.850. The van der Waals surface area contributed by atoms with Gasteiger partial charge in [-0.15, -0.1) is 0 Å². The molecular formula is C13H17NO3S. The third-order valence-electron chi connectivity index (χ3n) is 4.38. The van der Waals surface area contributed by atoms with Crippen molar-refractivity contribution in [3.63, 3.8) is 0 Å². The summed E-state index contributed by atoms with van der Waals surface area (Å²) in [7, 11) is 0. The van der Waals surface area contributed by atoms with E-state index < -0.39 is 10.9 Å². The largest absolute Gasteiger partial charge is 0.390 e. The van der Waals surface area contributed by atoms with Crippen molar-refractivity contribution in [3.05, 3.63) is 12.2 Å². The molecule has 2 heterocycles. The van der Waals surface area contributed by atoms with Gasteiger partial charge in [0, 0.05) is 11.8 Å². The lowest BCUT2D eigenvalue weighted by Gasteiger charge is -2.48. The van der Waals surface area contributed by atoms with Gasteiger partial charge in [0.15, 0.2) is 5.12 Å². The number of hydrogen-bond acceptors (Lipinski definition) is 4. The zero-order valence-electron chi connectivity index (χ0n) is 10.3. The molecule has 3 aliphatic rings. The number of nitrogens with one attached hydrogen (secondary N) is 1. The fraction of sp³-hybridized carbons (Fsp3) is 0.692. The summed E-state index contributed by atoms with van der Waals surface area (Å²) in [5.41, 5.74) is 0. The molecule has 2 fully saturated rings. The fourth-order valence-electron chi connectivity index (χ4n) is 3.22. The monoisotopic (exact) mass is 267 g/mol. The van der Waals surface area contributed by atoms with Gasteiger partial charge in [-0.2, -0.15) is 0 Å². The molecule has 2 aliphatic heterocycles. The number of carbonyl (C=O) groups is 2. The van der Waals surface area contributed by atoms with Crippen LogP contribution in [0.15, 0.2) is 12.2 Å². The van der Waals surface area contributed by atoms with E-state index in [-0.39, 0.29) is 28.9 Å². The Morgan fingerprint density at radius 1 is 1.56 bits per heavy atom. The number of fused-ring (bicyclic) bond motifs is 1. The number of carbonyl (C=O) groups excluding carboxylic acids is 2. The SMILES string of the molecule is CC1C(=O)S[C@@]2([C@@H](O)[C@@H]3C=CCCC3)C(=O)N[C@@H]12. The van der Waals surface area contributed by atoms with E-state index in [1.807, 2.05) is 13.0 Å². The van der Waals surface area contributed by atoms with E-state index in [9.17, 15) is 14.7 Å². The summed E-state index contributed by atoms with van der Waals surface area (Å²) in [4.78, 5) is 23.8. The predicted molar refractivity (Wildman–Crippen MR) is 68.9 cm³/mol. The standard InChI is InChI=1S/C13H17NO3S/c1-7-9-13(12(17)14-9,18-11(7)16)10(15)8-5-3-2-4-6-8/h3,5,7-10,15H,2,4,6H2,1H3,(H,14,17)/t7?,8-,9+,10+,13+/m1/s1. The summed E-state index contributed by atoms with van der Waals surface area (Å²) in [5.74, 6) is -0.380. The fourth-order valence-corrected chi connectivity index (χ4v) is 4.72. The Morgan fingerprint density at radius 3 is 2.89 bits per heavy atom. The Morgan fingerprint density at radius 2 is 2.33 bits per heavy atom. The molecule has 2 N–H and O–H groups in total. The minimum Gasteiger partial charge on any atom is -0.390 e. The Kier molecular flexibility index (Phi) is 2.79. The van der Waals surface area contributed by atoms with Gasteiger partial charge in [-0.05, 0) is 19.3 Å². The van der Waals surface area contributed by atoms with Crippen molar-refractivity contribution < 1.29 is 14.7 Å². The first-order valence-corrected chi connectivity index (χ1v) is 7.27. The van der Waals surface area contributed by atoms with E-state index in [2.05, 4.69) is 11.4 Å². The third kappa shape index (κ3) is 1.43. The molecule has 1 amide bonds. The molecule has 98 valence electrons. The molecule has 0 aromatic heterocycles. The third-order valence-corrected chi connectivity index (χ3v) is 5.97. The molecule has 0 spiro atoms. The molecule has 4 nitrogen and oxygen atoms in total. The zero-order chi connectivity index (χ0) is 12.9. The van der Waals surface area contributed by atoms with Gasteiger partial charge in [0.05, 0.1) is 12.1 Å². The van der Waals surface area contributed by atoms with Crippen LogP contribution in [-0.2, 0) is 9.59 Å². The van der Waals surface area contributed by atoms with E-state index in [0.29, 0.717) is 0 Å². The van der Waals surface area contributed by atoms with Gasteiger partial charge >= 0.3 is 0 Å². The van der Waals surface area contributed by atoms with Crippen LogP contribution in [0.4, 0.5) is 0 Å². The van der Waals surface area contributed by atoms with Crippen molar-refractivity contribution in [2.24, 2.45) is 11.8 Å². The van der Waals surface area contributed by atoms with Crippen LogP contribution < -0.4 is 5.32 Å². The lowest BCUT2D eigenvalue weighted by atomic mass is 9.73. The van der Waals surface area contributed by atoms with Crippen LogP contribution in [0.25, 0.3) is 0 Å². The molecule has 5 heteroatoms. The van der Waals surface area contributed by atoms with Gasteiger partial charge in [0.1, 0.15) is 4.75 Å². The van der Waals surface area contributed by atoms with Crippen LogP contribution in [0.5, 0.6) is 0 Å². The van der Waals surface area contributed by atoms with Crippen molar-refractivity contribution in [2.45, 2.75) is 43.1 Å². The molecule has 18 heavy (non-hydrogen) atoms. The lowest BCUT2D eigenvalue weighted by molar-refractivity contribution is -0.139. The lowest BCUT2D eigenvalue weighted by Crippen LogP contribution is -2.75. The second-order valence-corrected chi connectivity index (χ2v) is 6.70. The van der Waals surface area contributed by atoms with E-state index in [1.165, 1.54) is 0 Å². The van der Waals surface area contributed by atoms with Crippen LogP contribution in [0.3, 0.4) is 0 Å². The number of aliphatic hydroxyl groups is 1. The van der Waals surface area contributed by atoms with Crippen LogP contribution >= 0.6 is 11.8 Å². The minimum absolute atomic E-state index is 0.00194. The molecule has 0 radical (unpaired) electrons. The molecule has 0 bridgehead atoms. The van der Waals surface area contributed by atoms with Crippen molar-refractivity contribution >= 4 is 22.8 Å². The molecule has 0 saturated carbocycles. The Hall–Kier alpha value is -0.810. The van der Waals surface area contributed by atoms with Crippen molar-refractivity contribution in [2.75, 3.05) is 0 Å². The summed E-state index contributed by atoms with van der Waals surface area (Å²) in [6.45, 7) is 1.82. The number of amides is 1. The number of rotatable bonds is 2. The van der Waals surface area contributed by atoms with Crippen LogP contribution in [0.1, 0.15) is 26.2 Å². The minimum atomic E-state index is -0.928. The van der Waals surface area contributed by atoms with Gasteiger partial charge in [-0.3, -0.25) is 9.59 Å². The molecule has 0 aromatic rings. The van der Waals surface area contributed by atoms with E-state index in [1.54, 1.807) is 0 Å². The van der Waals surface area contributed by atoms with E-state index in [0.717, 1.165) is 31.0 Å². The molecule has 0 aromatic carbocycles. The molecule has 5 atom stereocenters. The summed E-state index contributed by atoms with van der Waals surface area (Å²) >= 11 is 1.05. The normalized spacial score (nSPS) is 44.2. The molecule has 2 saturated heterocycles. The highest BCUT2D eigenvalue weighted by molar-refractivity contribution is 8.16. The summed E-state index contributed by atoms with van der Waals surface area (Å²) < 4.78 is -0.928. The Bertz CT molecular complexity index is 436. The number of hydrogen-bond donors (Lipinski definition) is 2. The maximum Gasteiger partial charge on any atom is 0.241 e. The Labute approximate surface area is 110 Å².